The smallest absolute Gasteiger partial charge is 0.327 e. The number of esters is 1. The Morgan fingerprint density at radius 2 is 2.00 bits per heavy atom. The lowest BCUT2D eigenvalue weighted by atomic mass is 10.1. The lowest BCUT2D eigenvalue weighted by Crippen LogP contribution is -2.37. The monoisotopic (exact) mass is 314 g/mol. The molecule has 0 aliphatic rings. The van der Waals surface area contributed by atoms with Crippen molar-refractivity contribution in [2.24, 2.45) is 5.73 Å². The van der Waals surface area contributed by atoms with Crippen LogP contribution in [0, 0.1) is 0 Å². The van der Waals surface area contributed by atoms with E-state index in [1.165, 1.54) is 0 Å². The van der Waals surface area contributed by atoms with E-state index >= 15 is 0 Å². The Morgan fingerprint density at radius 3 is 2.57 bits per heavy atom. The summed E-state index contributed by atoms with van der Waals surface area (Å²) in [6.45, 7) is 5.60. The minimum atomic E-state index is -1.43. The van der Waals surface area contributed by atoms with Crippen LogP contribution in [0.5, 0.6) is 5.75 Å². The van der Waals surface area contributed by atoms with Crippen LogP contribution in [0.25, 0.3) is 0 Å². The zero-order chi connectivity index (χ0) is 15.8. The number of para-hydroxylation sites is 1. The van der Waals surface area contributed by atoms with Gasteiger partial charge in [0, 0.05) is 0 Å². The highest BCUT2D eigenvalue weighted by Crippen LogP contribution is 2.23. The van der Waals surface area contributed by atoms with E-state index in [2.05, 4.69) is 0 Å². The van der Waals surface area contributed by atoms with Crippen LogP contribution >= 0.6 is 8.61 Å². The summed E-state index contributed by atoms with van der Waals surface area (Å²) in [6.07, 6.45) is 0.413. The van der Waals surface area contributed by atoms with Crippen molar-refractivity contribution in [1.82, 2.24) is 4.83 Å². The summed E-state index contributed by atoms with van der Waals surface area (Å²) in [7, 11) is -1.43. The molecule has 2 unspecified atom stereocenters. The molecule has 0 aliphatic heterocycles. The molecule has 21 heavy (non-hydrogen) atoms. The van der Waals surface area contributed by atoms with Crippen molar-refractivity contribution in [1.29, 1.82) is 0 Å². The van der Waals surface area contributed by atoms with Crippen LogP contribution in [-0.4, -0.2) is 29.5 Å². The highest BCUT2D eigenvalue weighted by atomic mass is 31.1. The fourth-order valence-electron chi connectivity index (χ4n) is 1.70. The van der Waals surface area contributed by atoms with E-state index in [1.54, 1.807) is 26.8 Å². The number of carbonyl (C=O) groups is 1. The Bertz CT molecular complexity index is 482. The molecule has 1 aromatic rings. The topological polar surface area (TPSA) is 81.9 Å². The predicted octanol–water partition coefficient (Wildman–Crippen LogP) is 1.79. The van der Waals surface area contributed by atoms with E-state index in [4.69, 9.17) is 15.3 Å². The Labute approximate surface area is 126 Å². The molecule has 118 valence electrons. The maximum absolute atomic E-state index is 11.9. The first-order valence-electron chi connectivity index (χ1n) is 6.89. The van der Waals surface area contributed by atoms with Crippen molar-refractivity contribution >= 4 is 14.6 Å². The summed E-state index contributed by atoms with van der Waals surface area (Å²) in [5.41, 5.74) is 6.46. The molecule has 0 saturated heterocycles. The van der Waals surface area contributed by atoms with Crippen LogP contribution in [0.15, 0.2) is 24.3 Å². The standard InChI is InChI=1S/C14H23N2O4P/c1-10(2)19-14(17)11(3)16(21-18)20-13-7-5-4-6-12(13)8-9-15/h4-7,10-11H,8-9,15,21H2,1-3H3. The van der Waals surface area contributed by atoms with Crippen LogP contribution < -0.4 is 10.6 Å². The molecule has 0 heterocycles. The van der Waals surface area contributed by atoms with E-state index in [0.717, 1.165) is 10.4 Å². The zero-order valence-electron chi connectivity index (χ0n) is 12.6. The van der Waals surface area contributed by atoms with Gasteiger partial charge in [0.15, 0.2) is 14.4 Å². The number of hydrogen-bond donors (Lipinski definition) is 1. The average molecular weight is 314 g/mol. The first-order valence-corrected chi connectivity index (χ1v) is 7.88. The molecule has 1 rings (SSSR count). The number of rotatable bonds is 8. The van der Waals surface area contributed by atoms with E-state index in [1.807, 2.05) is 18.2 Å². The fourth-order valence-corrected chi connectivity index (χ4v) is 2.16. The summed E-state index contributed by atoms with van der Waals surface area (Å²) < 4.78 is 16.5. The Kier molecular flexibility index (Phi) is 7.43. The summed E-state index contributed by atoms with van der Waals surface area (Å²) in [6, 6.07) is 6.59. The Morgan fingerprint density at radius 1 is 1.33 bits per heavy atom. The van der Waals surface area contributed by atoms with Crippen LogP contribution in [0.3, 0.4) is 0 Å². The average Bonchev–Trinajstić information content (AvgIpc) is 2.45. The van der Waals surface area contributed by atoms with Crippen molar-refractivity contribution in [2.45, 2.75) is 39.3 Å². The van der Waals surface area contributed by atoms with Gasteiger partial charge < -0.3 is 19.9 Å². The third kappa shape index (κ3) is 5.50. The summed E-state index contributed by atoms with van der Waals surface area (Å²) >= 11 is 0. The van der Waals surface area contributed by atoms with Gasteiger partial charge in [-0.15, -0.1) is 0 Å². The van der Waals surface area contributed by atoms with Gasteiger partial charge in [-0.2, -0.15) is 0 Å². The van der Waals surface area contributed by atoms with Crippen molar-refractivity contribution in [2.75, 3.05) is 6.54 Å². The molecule has 0 aromatic heterocycles. The summed E-state index contributed by atoms with van der Waals surface area (Å²) in [4.78, 5) is 18.6. The number of nitrogens with zero attached hydrogens (tertiary/aromatic N) is 1. The van der Waals surface area contributed by atoms with Crippen LogP contribution in [0.1, 0.15) is 26.3 Å². The lowest BCUT2D eigenvalue weighted by molar-refractivity contribution is -0.157. The van der Waals surface area contributed by atoms with Crippen molar-refractivity contribution in [3.05, 3.63) is 29.8 Å². The van der Waals surface area contributed by atoms with Crippen molar-refractivity contribution in [3.8, 4) is 5.75 Å². The van der Waals surface area contributed by atoms with Gasteiger partial charge in [0.25, 0.3) is 0 Å². The van der Waals surface area contributed by atoms with Gasteiger partial charge in [0.2, 0.25) is 0 Å². The first-order chi connectivity index (χ1) is 9.99. The molecule has 6 nitrogen and oxygen atoms in total. The predicted molar refractivity (Wildman–Crippen MR) is 82.8 cm³/mol. The number of benzene rings is 1. The minimum Gasteiger partial charge on any atom is -0.462 e. The largest absolute Gasteiger partial charge is 0.462 e. The summed E-state index contributed by atoms with van der Waals surface area (Å²) in [5.74, 6) is 0.0835. The molecule has 0 fully saturated rings. The quantitative estimate of drug-likeness (QED) is 0.447. The number of hydroxylamine groups is 1. The first kappa shape index (κ1) is 17.7. The molecule has 2 atom stereocenters. The fraction of sp³-hybridized carbons (Fsp3) is 0.500. The van der Waals surface area contributed by atoms with Crippen LogP contribution in [0.4, 0.5) is 0 Å². The molecule has 0 aliphatic carbocycles. The molecule has 0 radical (unpaired) electrons. The molecule has 0 bridgehead atoms. The molecule has 0 spiro atoms. The number of carbonyl (C=O) groups excluding carboxylic acids is 1. The molecule has 0 saturated carbocycles. The van der Waals surface area contributed by atoms with Gasteiger partial charge in [-0.3, -0.25) is 4.79 Å². The van der Waals surface area contributed by atoms with Crippen molar-refractivity contribution < 1.29 is 18.9 Å². The highest BCUT2D eigenvalue weighted by Gasteiger charge is 2.25. The summed E-state index contributed by atoms with van der Waals surface area (Å²) in [5, 5.41) is 0. The number of nitrogens with two attached hydrogens (primary N) is 1. The number of ether oxygens (including phenoxy) is 1. The van der Waals surface area contributed by atoms with Gasteiger partial charge in [0.05, 0.1) is 6.10 Å². The second-order valence-corrected chi connectivity index (χ2v) is 5.58. The van der Waals surface area contributed by atoms with Gasteiger partial charge in [-0.1, -0.05) is 23.0 Å². The SMILES string of the molecule is CC(C)OC(=O)C(C)N(Oc1ccccc1CCN)[PH2]=O. The van der Waals surface area contributed by atoms with E-state index < -0.39 is 20.6 Å². The normalized spacial score (nSPS) is 13.0. The van der Waals surface area contributed by atoms with Gasteiger partial charge in [-0.05, 0) is 45.4 Å². The lowest BCUT2D eigenvalue weighted by Gasteiger charge is -2.24. The van der Waals surface area contributed by atoms with E-state index in [9.17, 15) is 9.36 Å². The molecule has 7 heteroatoms. The molecular formula is C14H23N2O4P. The third-order valence-electron chi connectivity index (χ3n) is 2.77. The Balaban J connectivity index is 2.82. The van der Waals surface area contributed by atoms with Crippen LogP contribution in [-0.2, 0) is 20.5 Å². The maximum Gasteiger partial charge on any atom is 0.327 e. The minimum absolute atomic E-state index is 0.229. The molecule has 2 N–H and O–H groups in total. The molecule has 1 aromatic carbocycles. The van der Waals surface area contributed by atoms with E-state index in [-0.39, 0.29) is 6.10 Å². The zero-order valence-corrected chi connectivity index (χ0v) is 13.8. The van der Waals surface area contributed by atoms with Crippen molar-refractivity contribution in [3.63, 3.8) is 0 Å². The molecule has 0 amide bonds. The van der Waals surface area contributed by atoms with Gasteiger partial charge >= 0.3 is 5.97 Å². The third-order valence-corrected chi connectivity index (χ3v) is 3.53. The van der Waals surface area contributed by atoms with Crippen LogP contribution in [0.2, 0.25) is 0 Å². The maximum atomic E-state index is 11.9. The molecular weight excluding hydrogens is 291 g/mol. The van der Waals surface area contributed by atoms with E-state index in [0.29, 0.717) is 18.7 Å². The highest BCUT2D eigenvalue weighted by molar-refractivity contribution is 7.20. The Hall–Kier alpha value is -1.36. The second kappa shape index (κ2) is 8.82. The second-order valence-electron chi connectivity index (χ2n) is 4.86. The van der Waals surface area contributed by atoms with Gasteiger partial charge in [0.1, 0.15) is 6.04 Å². The number of hydrogen-bond acceptors (Lipinski definition) is 5. The van der Waals surface area contributed by atoms with Gasteiger partial charge in [-0.25, -0.2) is 0 Å².